The van der Waals surface area contributed by atoms with Crippen LogP contribution in [0.1, 0.15) is 35.2 Å². The first-order valence-electron chi connectivity index (χ1n) is 10.8. The lowest BCUT2D eigenvalue weighted by Crippen LogP contribution is -2.56. The highest BCUT2D eigenvalue weighted by Gasteiger charge is 2.58. The number of nitrogens with zero attached hydrogens (tertiary/aromatic N) is 3. The average molecular weight is 437 g/mol. The summed E-state index contributed by atoms with van der Waals surface area (Å²) in [7, 11) is 1.38. The maximum atomic E-state index is 13.6. The summed E-state index contributed by atoms with van der Waals surface area (Å²) >= 11 is 0. The van der Waals surface area contributed by atoms with Crippen LogP contribution in [0.5, 0.6) is 0 Å². The molecule has 0 spiro atoms. The van der Waals surface area contributed by atoms with Gasteiger partial charge in [0.1, 0.15) is 18.0 Å². The molecule has 0 amide bonds. The van der Waals surface area contributed by atoms with Crippen molar-refractivity contribution in [1.82, 2.24) is 10.0 Å². The molecule has 3 aromatic rings. The molecule has 5 rings (SSSR count). The number of ether oxygens (including phenoxy) is 1. The van der Waals surface area contributed by atoms with E-state index in [1.54, 1.807) is 11.3 Å². The summed E-state index contributed by atoms with van der Waals surface area (Å²) in [4.78, 5) is 30.3. The van der Waals surface area contributed by atoms with Crippen molar-refractivity contribution in [3.8, 4) is 0 Å². The zero-order chi connectivity index (χ0) is 22.8. The van der Waals surface area contributed by atoms with E-state index < -0.39 is 17.6 Å². The first-order chi connectivity index (χ1) is 16.2. The average Bonchev–Trinajstić information content (AvgIpc) is 3.27. The van der Waals surface area contributed by atoms with Crippen molar-refractivity contribution in [2.75, 3.05) is 7.11 Å². The third-order valence-corrected chi connectivity index (χ3v) is 6.39. The van der Waals surface area contributed by atoms with Gasteiger partial charge in [-0.05, 0) is 16.7 Å². The molecular formula is C27H23N3O3. The highest BCUT2D eigenvalue weighted by atomic mass is 16.5. The Bertz CT molecular complexity index is 1220. The van der Waals surface area contributed by atoms with E-state index in [-0.39, 0.29) is 6.04 Å². The molecule has 3 aromatic carbocycles. The van der Waals surface area contributed by atoms with Gasteiger partial charge in [-0.3, -0.25) is 5.01 Å². The first kappa shape index (κ1) is 20.9. The molecule has 2 aliphatic rings. The maximum absolute atomic E-state index is 13.6. The van der Waals surface area contributed by atoms with E-state index in [9.17, 15) is 9.59 Å². The molecule has 1 saturated heterocycles. The fraction of sp³-hybridized carbons (Fsp3) is 0.185. The SMILES string of the molecule is COC(=O)C1(c2ccccc2)N=CN2C(=C=O)CC(c3ccccc3)N2C1c1ccccc1. The summed E-state index contributed by atoms with van der Waals surface area (Å²) in [6.45, 7) is 0. The topological polar surface area (TPSA) is 62.2 Å². The van der Waals surface area contributed by atoms with Crippen LogP contribution in [0.4, 0.5) is 0 Å². The predicted octanol–water partition coefficient (Wildman–Crippen LogP) is 4.22. The second kappa shape index (κ2) is 8.51. The second-order valence-electron chi connectivity index (χ2n) is 8.09. The van der Waals surface area contributed by atoms with Gasteiger partial charge in [-0.15, -0.1) is 0 Å². The Morgan fingerprint density at radius 3 is 2.09 bits per heavy atom. The zero-order valence-electron chi connectivity index (χ0n) is 18.2. The Kier molecular flexibility index (Phi) is 5.38. The van der Waals surface area contributed by atoms with Gasteiger partial charge in [0, 0.05) is 6.42 Å². The van der Waals surface area contributed by atoms with Gasteiger partial charge >= 0.3 is 5.97 Å². The van der Waals surface area contributed by atoms with E-state index in [2.05, 4.69) is 11.0 Å². The Balaban J connectivity index is 1.81. The summed E-state index contributed by atoms with van der Waals surface area (Å²) in [5, 5.41) is 3.81. The number of methoxy groups -OCH3 is 1. The number of esters is 1. The van der Waals surface area contributed by atoms with Crippen LogP contribution < -0.4 is 0 Å². The third-order valence-electron chi connectivity index (χ3n) is 6.39. The first-order valence-corrected chi connectivity index (χ1v) is 10.8. The fourth-order valence-corrected chi connectivity index (χ4v) is 4.93. The van der Waals surface area contributed by atoms with Crippen LogP contribution in [0, 0.1) is 0 Å². The monoisotopic (exact) mass is 437 g/mol. The van der Waals surface area contributed by atoms with E-state index in [1.165, 1.54) is 7.11 Å². The molecule has 0 aromatic heterocycles. The smallest absolute Gasteiger partial charge is 0.340 e. The molecule has 6 heteroatoms. The number of benzene rings is 3. The van der Waals surface area contributed by atoms with Gasteiger partial charge in [-0.2, -0.15) is 5.01 Å². The quantitative estimate of drug-likeness (QED) is 0.452. The number of rotatable bonds is 4. The summed E-state index contributed by atoms with van der Waals surface area (Å²) in [5.74, 6) is 1.62. The minimum atomic E-state index is -1.36. The molecule has 2 heterocycles. The maximum Gasteiger partial charge on any atom is 0.340 e. The lowest BCUT2D eigenvalue weighted by molar-refractivity contribution is -0.155. The van der Waals surface area contributed by atoms with Gasteiger partial charge in [0.2, 0.25) is 5.54 Å². The van der Waals surface area contributed by atoms with Crippen LogP contribution in [0.25, 0.3) is 0 Å². The summed E-state index contributed by atoms with van der Waals surface area (Å²) in [5.41, 5.74) is 1.76. The van der Waals surface area contributed by atoms with Crippen LogP contribution in [0.3, 0.4) is 0 Å². The van der Waals surface area contributed by atoms with Crippen molar-refractivity contribution >= 4 is 18.2 Å². The highest BCUT2D eigenvalue weighted by molar-refractivity contribution is 5.87. The third kappa shape index (κ3) is 3.28. The van der Waals surface area contributed by atoms with E-state index >= 15 is 0 Å². The van der Waals surface area contributed by atoms with E-state index in [0.29, 0.717) is 12.1 Å². The van der Waals surface area contributed by atoms with Gasteiger partial charge in [0.05, 0.1) is 19.2 Å². The van der Waals surface area contributed by atoms with Gasteiger partial charge in [0.25, 0.3) is 0 Å². The zero-order valence-corrected chi connectivity index (χ0v) is 18.2. The van der Waals surface area contributed by atoms with Crippen LogP contribution in [-0.4, -0.2) is 35.4 Å². The standard InChI is InChI=1S/C27H23N3O3/c1-33-26(32)27(22-15-9-4-10-16-22)25(21-13-7-3-8-14-21)30-24(20-11-5-2-6-12-20)17-23(18-31)29(30)19-28-27/h2-16,19,24-25H,17H2,1H3. The number of hydrazine groups is 1. The second-order valence-corrected chi connectivity index (χ2v) is 8.09. The number of fused-ring (bicyclic) bond motifs is 1. The molecule has 0 aliphatic carbocycles. The van der Waals surface area contributed by atoms with Crippen molar-refractivity contribution < 1.29 is 14.3 Å². The molecule has 0 N–H and O–H groups in total. The normalized spacial score (nSPS) is 24.3. The summed E-state index contributed by atoms with van der Waals surface area (Å²) in [6, 6.07) is 28.5. The number of carbonyl (C=O) groups excluding carboxylic acids is 2. The van der Waals surface area contributed by atoms with Crippen molar-refractivity contribution in [3.05, 3.63) is 113 Å². The molecule has 3 unspecified atom stereocenters. The largest absolute Gasteiger partial charge is 0.467 e. The van der Waals surface area contributed by atoms with E-state index in [0.717, 1.165) is 16.7 Å². The molecule has 2 aliphatic heterocycles. The summed E-state index contributed by atoms with van der Waals surface area (Å²) in [6.07, 6.45) is 2.02. The molecule has 0 bridgehead atoms. The minimum Gasteiger partial charge on any atom is -0.467 e. The van der Waals surface area contributed by atoms with Crippen LogP contribution in [0.2, 0.25) is 0 Å². The fourth-order valence-electron chi connectivity index (χ4n) is 4.93. The van der Waals surface area contributed by atoms with E-state index in [1.807, 2.05) is 91.0 Å². The van der Waals surface area contributed by atoms with Gasteiger partial charge in [-0.1, -0.05) is 91.0 Å². The Hall–Kier alpha value is -3.99. The number of hydrogen-bond donors (Lipinski definition) is 0. The van der Waals surface area contributed by atoms with Crippen molar-refractivity contribution in [3.63, 3.8) is 0 Å². The number of aliphatic imine (C=N–C) groups is 1. The molecule has 33 heavy (non-hydrogen) atoms. The molecule has 3 atom stereocenters. The van der Waals surface area contributed by atoms with Crippen LogP contribution in [-0.2, 0) is 19.9 Å². The van der Waals surface area contributed by atoms with Crippen molar-refractivity contribution in [2.45, 2.75) is 24.0 Å². The predicted molar refractivity (Wildman–Crippen MR) is 124 cm³/mol. The molecule has 0 saturated carbocycles. The molecule has 6 nitrogen and oxygen atoms in total. The van der Waals surface area contributed by atoms with Crippen LogP contribution in [0.15, 0.2) is 102 Å². The lowest BCUT2D eigenvalue weighted by atomic mass is 9.78. The Labute approximate surface area is 192 Å². The number of carbonyl (C=O) groups is 1. The minimum absolute atomic E-state index is 0.188. The molecule has 1 fully saturated rings. The highest BCUT2D eigenvalue weighted by Crippen LogP contribution is 2.53. The van der Waals surface area contributed by atoms with Crippen molar-refractivity contribution in [1.29, 1.82) is 0 Å². The summed E-state index contributed by atoms with van der Waals surface area (Å²) < 4.78 is 5.36. The lowest BCUT2D eigenvalue weighted by Gasteiger charge is -2.48. The molecular weight excluding hydrogens is 414 g/mol. The Morgan fingerprint density at radius 2 is 1.52 bits per heavy atom. The molecule has 164 valence electrons. The Morgan fingerprint density at radius 1 is 0.939 bits per heavy atom. The van der Waals surface area contributed by atoms with Gasteiger partial charge < -0.3 is 4.74 Å². The number of hydrogen-bond acceptors (Lipinski definition) is 6. The molecule has 0 radical (unpaired) electrons. The van der Waals surface area contributed by atoms with E-state index in [4.69, 9.17) is 9.73 Å². The van der Waals surface area contributed by atoms with Gasteiger partial charge in [-0.25, -0.2) is 14.6 Å². The van der Waals surface area contributed by atoms with Crippen LogP contribution >= 0.6 is 0 Å². The van der Waals surface area contributed by atoms with Crippen molar-refractivity contribution in [2.24, 2.45) is 4.99 Å². The van der Waals surface area contributed by atoms with Gasteiger partial charge in [0.15, 0.2) is 0 Å².